The molecular weight excluding hydrogens is 384 g/mol. The first kappa shape index (κ1) is 22.4. The highest BCUT2D eigenvalue weighted by molar-refractivity contribution is 6.11. The molecule has 0 bridgehead atoms. The molecule has 0 radical (unpaired) electrons. The van der Waals surface area contributed by atoms with Crippen molar-refractivity contribution in [2.45, 2.75) is 70.6 Å². The Hall–Kier alpha value is -1.75. The summed E-state index contributed by atoms with van der Waals surface area (Å²) >= 11 is 0. The van der Waals surface area contributed by atoms with Crippen LogP contribution in [0.15, 0.2) is 42.5 Å². The highest BCUT2D eigenvalue weighted by Crippen LogP contribution is 2.38. The number of nitrogens with zero attached hydrogens (tertiary/aromatic N) is 2. The SMILES string of the molecule is CC1CCC(O)(C(C(=O)c2cccc3ccccc23)N2CCN(C(C)(C)C)CC2)CC1. The van der Waals surface area contributed by atoms with Gasteiger partial charge in [-0.15, -0.1) is 0 Å². The van der Waals surface area contributed by atoms with Gasteiger partial charge in [-0.2, -0.15) is 0 Å². The Morgan fingerprint density at radius 3 is 2.26 bits per heavy atom. The number of ketones is 1. The van der Waals surface area contributed by atoms with Crippen molar-refractivity contribution in [3.8, 4) is 0 Å². The van der Waals surface area contributed by atoms with E-state index in [4.69, 9.17) is 0 Å². The number of aliphatic hydroxyl groups is 1. The van der Waals surface area contributed by atoms with Gasteiger partial charge in [0.1, 0.15) is 6.04 Å². The van der Waals surface area contributed by atoms with Crippen LogP contribution in [0, 0.1) is 5.92 Å². The van der Waals surface area contributed by atoms with Crippen LogP contribution >= 0.6 is 0 Å². The van der Waals surface area contributed by atoms with Gasteiger partial charge in [0.2, 0.25) is 0 Å². The zero-order chi connectivity index (χ0) is 22.2. The fourth-order valence-electron chi connectivity index (χ4n) is 5.52. The van der Waals surface area contributed by atoms with Crippen LogP contribution in [0.1, 0.15) is 63.7 Å². The van der Waals surface area contributed by atoms with Crippen LogP contribution in [0.5, 0.6) is 0 Å². The first-order valence-corrected chi connectivity index (χ1v) is 11.9. The van der Waals surface area contributed by atoms with Crippen LogP contribution in [0.2, 0.25) is 0 Å². The first-order valence-electron chi connectivity index (χ1n) is 11.9. The standard InChI is InChI=1S/C27H38N2O2/c1-20-12-14-27(31,15-13-20)25(28-16-18-29(19-17-28)26(2,3)4)24(30)23-11-7-9-21-8-5-6-10-22(21)23/h5-11,20,25,31H,12-19H2,1-4H3. The Morgan fingerprint density at radius 1 is 1.00 bits per heavy atom. The molecule has 0 aromatic heterocycles. The molecule has 1 aliphatic heterocycles. The van der Waals surface area contributed by atoms with Crippen LogP contribution in [0.4, 0.5) is 0 Å². The van der Waals surface area contributed by atoms with Gasteiger partial charge in [0.15, 0.2) is 5.78 Å². The number of hydrogen-bond acceptors (Lipinski definition) is 4. The molecule has 2 aromatic carbocycles. The molecule has 4 nitrogen and oxygen atoms in total. The summed E-state index contributed by atoms with van der Waals surface area (Å²) in [4.78, 5) is 18.9. The highest BCUT2D eigenvalue weighted by atomic mass is 16.3. The molecule has 4 heteroatoms. The van der Waals surface area contributed by atoms with E-state index in [1.807, 2.05) is 30.3 Å². The molecule has 0 amide bonds. The number of piperazine rings is 1. The van der Waals surface area contributed by atoms with Crippen molar-refractivity contribution in [3.05, 3.63) is 48.0 Å². The summed E-state index contributed by atoms with van der Waals surface area (Å²) in [5.41, 5.74) is -0.0866. The second-order valence-corrected chi connectivity index (χ2v) is 10.8. The summed E-state index contributed by atoms with van der Waals surface area (Å²) in [7, 11) is 0. The van der Waals surface area contributed by atoms with Crippen molar-refractivity contribution >= 4 is 16.6 Å². The van der Waals surface area contributed by atoms with E-state index in [-0.39, 0.29) is 11.3 Å². The second-order valence-electron chi connectivity index (χ2n) is 10.8. The number of rotatable bonds is 4. The molecule has 1 aliphatic carbocycles. The van der Waals surface area contributed by atoms with E-state index in [0.717, 1.165) is 55.4 Å². The summed E-state index contributed by atoms with van der Waals surface area (Å²) in [5, 5.41) is 13.9. The number of fused-ring (bicyclic) bond motifs is 1. The van der Waals surface area contributed by atoms with Crippen molar-refractivity contribution in [1.82, 2.24) is 9.80 Å². The summed E-state index contributed by atoms with van der Waals surface area (Å²) < 4.78 is 0. The van der Waals surface area contributed by atoms with Crippen molar-refractivity contribution in [3.63, 3.8) is 0 Å². The fourth-order valence-corrected chi connectivity index (χ4v) is 5.52. The normalized spacial score (nSPS) is 27.3. The average molecular weight is 423 g/mol. The molecule has 168 valence electrons. The van der Waals surface area contributed by atoms with Crippen LogP contribution in [-0.4, -0.2) is 64.1 Å². The summed E-state index contributed by atoms with van der Waals surface area (Å²) in [6, 6.07) is 13.6. The zero-order valence-electron chi connectivity index (χ0n) is 19.6. The summed E-state index contributed by atoms with van der Waals surface area (Å²) in [6.07, 6.45) is 3.37. The van der Waals surface area contributed by atoms with Gasteiger partial charge in [-0.25, -0.2) is 0 Å². The number of hydrogen-bond donors (Lipinski definition) is 1. The topological polar surface area (TPSA) is 43.8 Å². The molecule has 0 spiro atoms. The van der Waals surface area contributed by atoms with Gasteiger partial charge in [-0.1, -0.05) is 49.4 Å². The number of Topliss-reactive ketones (excluding diaryl/α,β-unsaturated/α-hetero) is 1. The van der Waals surface area contributed by atoms with Crippen molar-refractivity contribution in [1.29, 1.82) is 0 Å². The van der Waals surface area contributed by atoms with E-state index in [0.29, 0.717) is 18.8 Å². The molecule has 1 heterocycles. The quantitative estimate of drug-likeness (QED) is 0.722. The van der Waals surface area contributed by atoms with Crippen molar-refractivity contribution in [2.75, 3.05) is 26.2 Å². The van der Waals surface area contributed by atoms with Crippen molar-refractivity contribution < 1.29 is 9.90 Å². The maximum atomic E-state index is 14.1. The number of carbonyl (C=O) groups excluding carboxylic acids is 1. The van der Waals surface area contributed by atoms with Crippen LogP contribution in [-0.2, 0) is 0 Å². The fraction of sp³-hybridized carbons (Fsp3) is 0.593. The first-order chi connectivity index (χ1) is 14.7. The summed E-state index contributed by atoms with van der Waals surface area (Å²) in [6.45, 7) is 12.5. The Morgan fingerprint density at radius 2 is 1.61 bits per heavy atom. The van der Waals surface area contributed by atoms with E-state index in [2.05, 4.69) is 49.6 Å². The van der Waals surface area contributed by atoms with E-state index in [1.54, 1.807) is 0 Å². The molecule has 2 fully saturated rings. The van der Waals surface area contributed by atoms with Gasteiger partial charge in [0, 0.05) is 37.3 Å². The van der Waals surface area contributed by atoms with E-state index >= 15 is 0 Å². The lowest BCUT2D eigenvalue weighted by Crippen LogP contribution is -2.63. The smallest absolute Gasteiger partial charge is 0.183 e. The monoisotopic (exact) mass is 422 g/mol. The van der Waals surface area contributed by atoms with Crippen LogP contribution in [0.25, 0.3) is 10.8 Å². The molecule has 1 saturated carbocycles. The third kappa shape index (κ3) is 4.57. The van der Waals surface area contributed by atoms with Gasteiger partial charge in [-0.05, 0) is 63.1 Å². The lowest BCUT2D eigenvalue weighted by atomic mass is 9.72. The summed E-state index contributed by atoms with van der Waals surface area (Å²) in [5.74, 6) is 0.699. The molecule has 1 N–H and O–H groups in total. The number of benzene rings is 2. The maximum absolute atomic E-state index is 14.1. The molecule has 4 rings (SSSR count). The van der Waals surface area contributed by atoms with E-state index in [9.17, 15) is 9.90 Å². The van der Waals surface area contributed by atoms with E-state index < -0.39 is 11.6 Å². The third-order valence-electron chi connectivity index (χ3n) is 7.58. The zero-order valence-corrected chi connectivity index (χ0v) is 19.6. The van der Waals surface area contributed by atoms with Gasteiger partial charge < -0.3 is 5.11 Å². The largest absolute Gasteiger partial charge is 0.388 e. The lowest BCUT2D eigenvalue weighted by Gasteiger charge is -2.49. The molecular formula is C27H38N2O2. The molecule has 1 saturated heterocycles. The van der Waals surface area contributed by atoms with Crippen molar-refractivity contribution in [2.24, 2.45) is 5.92 Å². The minimum Gasteiger partial charge on any atom is -0.388 e. The minimum atomic E-state index is -0.954. The molecule has 31 heavy (non-hydrogen) atoms. The minimum absolute atomic E-state index is 0.0815. The van der Waals surface area contributed by atoms with Gasteiger partial charge >= 0.3 is 0 Å². The Bertz CT molecular complexity index is 911. The predicted molar refractivity (Wildman–Crippen MR) is 128 cm³/mol. The highest BCUT2D eigenvalue weighted by Gasteiger charge is 2.47. The van der Waals surface area contributed by atoms with Gasteiger partial charge in [0.05, 0.1) is 5.60 Å². The predicted octanol–water partition coefficient (Wildman–Crippen LogP) is 4.75. The molecule has 2 aromatic rings. The number of carbonyl (C=O) groups is 1. The third-order valence-corrected chi connectivity index (χ3v) is 7.58. The average Bonchev–Trinajstić information content (AvgIpc) is 2.75. The van der Waals surface area contributed by atoms with Gasteiger partial charge in [0.25, 0.3) is 0 Å². The Labute approximate surface area is 187 Å². The van der Waals surface area contributed by atoms with Gasteiger partial charge in [-0.3, -0.25) is 14.6 Å². The molecule has 1 atom stereocenters. The lowest BCUT2D eigenvalue weighted by molar-refractivity contribution is -0.0790. The van der Waals surface area contributed by atoms with E-state index in [1.165, 1.54) is 0 Å². The maximum Gasteiger partial charge on any atom is 0.183 e. The molecule has 1 unspecified atom stereocenters. The molecule has 2 aliphatic rings. The van der Waals surface area contributed by atoms with Crippen LogP contribution in [0.3, 0.4) is 0 Å². The Kier molecular flexibility index (Phi) is 6.26. The second kappa shape index (κ2) is 8.65. The Balaban J connectivity index is 1.68. The van der Waals surface area contributed by atoms with Crippen LogP contribution < -0.4 is 0 Å².